The molecule has 2 aliphatic heterocycles. The van der Waals surface area contributed by atoms with E-state index >= 15 is 0 Å². The first-order valence-corrected chi connectivity index (χ1v) is 8.49. The average Bonchev–Trinajstić information content (AvgIpc) is 3.01. The summed E-state index contributed by atoms with van der Waals surface area (Å²) in [7, 11) is 0. The van der Waals surface area contributed by atoms with Crippen LogP contribution in [0.1, 0.15) is 12.0 Å². The van der Waals surface area contributed by atoms with Gasteiger partial charge in [0.2, 0.25) is 11.8 Å². The van der Waals surface area contributed by atoms with Crippen LogP contribution in [0.2, 0.25) is 0 Å². The first-order chi connectivity index (χ1) is 12.0. The molecular weight excluding hydrogens is 324 g/mol. The van der Waals surface area contributed by atoms with E-state index in [0.717, 1.165) is 12.0 Å². The number of hydrogen-bond donors (Lipinski definition) is 1. The first kappa shape index (κ1) is 17.4. The van der Waals surface area contributed by atoms with Crippen LogP contribution in [0.15, 0.2) is 30.3 Å². The number of likely N-dealkylation sites (tertiary alicyclic amines) is 1. The number of rotatable bonds is 5. The number of carboxylic acids is 1. The summed E-state index contributed by atoms with van der Waals surface area (Å²) in [6.45, 7) is 1.62. The molecule has 2 fully saturated rings. The van der Waals surface area contributed by atoms with Crippen molar-refractivity contribution in [3.05, 3.63) is 35.9 Å². The zero-order chi connectivity index (χ0) is 17.8. The third-order valence-electron chi connectivity index (χ3n) is 4.73. The van der Waals surface area contributed by atoms with Crippen molar-refractivity contribution in [3.8, 4) is 0 Å². The highest BCUT2D eigenvalue weighted by atomic mass is 16.5. The lowest BCUT2D eigenvalue weighted by molar-refractivity contribution is -0.160. The molecule has 1 aromatic carbocycles. The van der Waals surface area contributed by atoms with Crippen molar-refractivity contribution in [2.24, 2.45) is 5.92 Å². The van der Waals surface area contributed by atoms with E-state index in [2.05, 4.69) is 0 Å². The number of aliphatic carboxylic acids is 1. The lowest BCUT2D eigenvalue weighted by Crippen LogP contribution is -2.50. The Balaban J connectivity index is 1.54. The van der Waals surface area contributed by atoms with Crippen LogP contribution >= 0.6 is 0 Å². The maximum Gasteiger partial charge on any atom is 0.334 e. The highest BCUT2D eigenvalue weighted by molar-refractivity contribution is 5.89. The highest BCUT2D eigenvalue weighted by Crippen LogP contribution is 2.22. The minimum atomic E-state index is -1.07. The number of hydrogen-bond acceptors (Lipinski definition) is 4. The Morgan fingerprint density at radius 2 is 1.96 bits per heavy atom. The van der Waals surface area contributed by atoms with Gasteiger partial charge < -0.3 is 19.6 Å². The molecule has 2 aliphatic rings. The van der Waals surface area contributed by atoms with E-state index < -0.39 is 18.0 Å². The lowest BCUT2D eigenvalue weighted by Gasteiger charge is -2.32. The smallest absolute Gasteiger partial charge is 0.334 e. The standard InChI is InChI=1S/C18H22N2O5/c21-16-10-14(11-19(16)7-6-13-4-2-1-3-5-13)17(22)20-8-9-25-15(12-20)18(23)24/h1-5,14-15H,6-12H2,(H,23,24). The van der Waals surface area contributed by atoms with Crippen molar-refractivity contribution >= 4 is 17.8 Å². The van der Waals surface area contributed by atoms with Gasteiger partial charge in [0.05, 0.1) is 19.1 Å². The minimum Gasteiger partial charge on any atom is -0.479 e. The van der Waals surface area contributed by atoms with Crippen LogP contribution < -0.4 is 0 Å². The monoisotopic (exact) mass is 346 g/mol. The minimum absolute atomic E-state index is 0.0164. The van der Waals surface area contributed by atoms with Crippen LogP contribution in [-0.4, -0.2) is 71.6 Å². The van der Waals surface area contributed by atoms with Gasteiger partial charge in [-0.25, -0.2) is 4.79 Å². The molecule has 134 valence electrons. The van der Waals surface area contributed by atoms with E-state index in [4.69, 9.17) is 9.84 Å². The molecule has 0 spiro atoms. The van der Waals surface area contributed by atoms with Gasteiger partial charge in [0.25, 0.3) is 0 Å². The van der Waals surface area contributed by atoms with Crippen LogP contribution in [0.3, 0.4) is 0 Å². The molecular formula is C18H22N2O5. The first-order valence-electron chi connectivity index (χ1n) is 8.49. The lowest BCUT2D eigenvalue weighted by atomic mass is 10.1. The molecule has 25 heavy (non-hydrogen) atoms. The second-order valence-corrected chi connectivity index (χ2v) is 6.46. The van der Waals surface area contributed by atoms with Gasteiger partial charge in [0.15, 0.2) is 6.10 Å². The van der Waals surface area contributed by atoms with Crippen LogP contribution in [0.4, 0.5) is 0 Å². The average molecular weight is 346 g/mol. The van der Waals surface area contributed by atoms with Crippen molar-refractivity contribution in [2.45, 2.75) is 18.9 Å². The van der Waals surface area contributed by atoms with E-state index in [1.807, 2.05) is 30.3 Å². The summed E-state index contributed by atoms with van der Waals surface area (Å²) < 4.78 is 5.14. The zero-order valence-electron chi connectivity index (χ0n) is 14.0. The summed E-state index contributed by atoms with van der Waals surface area (Å²) in [6.07, 6.45) is -0.0292. The summed E-state index contributed by atoms with van der Waals surface area (Å²) in [5.74, 6) is -1.62. The van der Waals surface area contributed by atoms with Gasteiger partial charge in [-0.05, 0) is 12.0 Å². The van der Waals surface area contributed by atoms with Crippen LogP contribution in [0.25, 0.3) is 0 Å². The molecule has 2 heterocycles. The van der Waals surface area contributed by atoms with Crippen LogP contribution in [-0.2, 0) is 25.5 Å². The molecule has 1 N–H and O–H groups in total. The molecule has 2 saturated heterocycles. The molecule has 2 amide bonds. The van der Waals surface area contributed by atoms with Gasteiger partial charge in [-0.3, -0.25) is 9.59 Å². The van der Waals surface area contributed by atoms with Crippen LogP contribution in [0.5, 0.6) is 0 Å². The number of carbonyl (C=O) groups is 3. The number of carboxylic acid groups (broad SMARTS) is 1. The van der Waals surface area contributed by atoms with E-state index in [9.17, 15) is 14.4 Å². The fourth-order valence-corrected chi connectivity index (χ4v) is 3.32. The summed E-state index contributed by atoms with van der Waals surface area (Å²) in [6, 6.07) is 9.91. The van der Waals surface area contributed by atoms with Gasteiger partial charge in [-0.1, -0.05) is 30.3 Å². The van der Waals surface area contributed by atoms with Crippen LogP contribution in [0, 0.1) is 5.92 Å². The van der Waals surface area contributed by atoms with Gasteiger partial charge >= 0.3 is 5.97 Å². The quantitative estimate of drug-likeness (QED) is 0.833. The van der Waals surface area contributed by atoms with Gasteiger partial charge in [0.1, 0.15) is 0 Å². The number of nitrogens with zero attached hydrogens (tertiary/aromatic N) is 2. The van der Waals surface area contributed by atoms with Crippen molar-refractivity contribution in [3.63, 3.8) is 0 Å². The predicted octanol–water partition coefficient (Wildman–Crippen LogP) is 0.390. The fourth-order valence-electron chi connectivity index (χ4n) is 3.32. The highest BCUT2D eigenvalue weighted by Gasteiger charge is 2.38. The molecule has 0 radical (unpaired) electrons. The largest absolute Gasteiger partial charge is 0.479 e. The molecule has 0 aromatic heterocycles. The number of carbonyl (C=O) groups excluding carboxylic acids is 2. The third kappa shape index (κ3) is 4.17. The van der Waals surface area contributed by atoms with Crippen molar-refractivity contribution in [1.82, 2.24) is 9.80 Å². The van der Waals surface area contributed by atoms with Gasteiger partial charge in [-0.15, -0.1) is 0 Å². The second kappa shape index (κ2) is 7.65. The third-order valence-corrected chi connectivity index (χ3v) is 4.73. The second-order valence-electron chi connectivity index (χ2n) is 6.46. The van der Waals surface area contributed by atoms with Crippen molar-refractivity contribution in [2.75, 3.05) is 32.8 Å². The Morgan fingerprint density at radius 3 is 2.68 bits per heavy atom. The molecule has 7 nitrogen and oxygen atoms in total. The van der Waals surface area contributed by atoms with Gasteiger partial charge in [-0.2, -0.15) is 0 Å². The maximum absolute atomic E-state index is 12.6. The topological polar surface area (TPSA) is 87.2 Å². The van der Waals surface area contributed by atoms with E-state index in [1.165, 1.54) is 4.90 Å². The molecule has 0 aliphatic carbocycles. The summed E-state index contributed by atoms with van der Waals surface area (Å²) in [5, 5.41) is 9.04. The van der Waals surface area contributed by atoms with E-state index in [1.54, 1.807) is 4.90 Å². The molecule has 0 bridgehead atoms. The Bertz CT molecular complexity index is 648. The van der Waals surface area contributed by atoms with E-state index in [0.29, 0.717) is 19.6 Å². The van der Waals surface area contributed by atoms with Gasteiger partial charge in [0, 0.05) is 26.1 Å². The molecule has 2 unspecified atom stereocenters. The summed E-state index contributed by atoms with van der Waals surface area (Å²) >= 11 is 0. The summed E-state index contributed by atoms with van der Waals surface area (Å²) in [4.78, 5) is 39.1. The number of morpholine rings is 1. The fraction of sp³-hybridized carbons (Fsp3) is 0.500. The predicted molar refractivity (Wildman–Crippen MR) is 88.8 cm³/mol. The number of amides is 2. The van der Waals surface area contributed by atoms with Crippen molar-refractivity contribution < 1.29 is 24.2 Å². The number of benzene rings is 1. The molecule has 3 rings (SSSR count). The molecule has 7 heteroatoms. The van der Waals surface area contributed by atoms with E-state index in [-0.39, 0.29) is 31.4 Å². The molecule has 1 aromatic rings. The maximum atomic E-state index is 12.6. The zero-order valence-corrected chi connectivity index (χ0v) is 14.0. The van der Waals surface area contributed by atoms with Crippen molar-refractivity contribution in [1.29, 1.82) is 0 Å². The Morgan fingerprint density at radius 1 is 1.20 bits per heavy atom. The molecule has 2 atom stereocenters. The number of ether oxygens (including phenoxy) is 1. The molecule has 0 saturated carbocycles. The SMILES string of the molecule is O=C(O)C1CN(C(=O)C2CC(=O)N(CCc3ccccc3)C2)CCO1. The summed E-state index contributed by atoms with van der Waals surface area (Å²) in [5.41, 5.74) is 1.16. The Hall–Kier alpha value is -2.41. The Kier molecular flexibility index (Phi) is 5.33. The normalized spacial score (nSPS) is 23.8. The Labute approximate surface area is 146 Å².